The molecule has 1 amide bonds. The molecule has 0 spiro atoms. The maximum atomic E-state index is 12.2. The first-order chi connectivity index (χ1) is 9.19. The fraction of sp³-hybridized carbons (Fsp3) is 0.667. The first-order valence-electron chi connectivity index (χ1n) is 7.22. The number of amides is 1. The molecular formula is C15H23NO3. The molecule has 1 heterocycles. The number of hydrogen-bond acceptors (Lipinski definition) is 3. The molecule has 0 aliphatic heterocycles. The Morgan fingerprint density at radius 3 is 2.68 bits per heavy atom. The Hall–Kier alpha value is -1.29. The molecule has 1 atom stereocenters. The number of furan rings is 1. The summed E-state index contributed by atoms with van der Waals surface area (Å²) in [6.07, 6.45) is 4.59. The average molecular weight is 265 g/mol. The van der Waals surface area contributed by atoms with Crippen LogP contribution in [0.25, 0.3) is 0 Å². The fourth-order valence-electron chi connectivity index (χ4n) is 2.48. The van der Waals surface area contributed by atoms with Crippen LogP contribution in [0.3, 0.4) is 0 Å². The van der Waals surface area contributed by atoms with E-state index in [2.05, 4.69) is 12.2 Å². The predicted molar refractivity (Wildman–Crippen MR) is 73.1 cm³/mol. The minimum atomic E-state index is -0.153. The third kappa shape index (κ3) is 3.38. The highest BCUT2D eigenvalue weighted by molar-refractivity contribution is 5.92. The van der Waals surface area contributed by atoms with Gasteiger partial charge in [0, 0.05) is 19.1 Å². The minimum absolute atomic E-state index is 0.0813. The van der Waals surface area contributed by atoms with Crippen molar-refractivity contribution in [3.05, 3.63) is 23.2 Å². The molecule has 1 unspecified atom stereocenters. The van der Waals surface area contributed by atoms with Gasteiger partial charge in [-0.25, -0.2) is 0 Å². The summed E-state index contributed by atoms with van der Waals surface area (Å²) >= 11 is 0. The van der Waals surface area contributed by atoms with Gasteiger partial charge >= 0.3 is 0 Å². The summed E-state index contributed by atoms with van der Waals surface area (Å²) in [5.41, 5.74) is 1.11. The van der Waals surface area contributed by atoms with E-state index in [9.17, 15) is 4.79 Å². The Bertz CT molecular complexity index is 413. The lowest BCUT2D eigenvalue weighted by molar-refractivity contribution is 0.0894. The van der Waals surface area contributed by atoms with Crippen molar-refractivity contribution in [2.75, 3.05) is 6.61 Å². The normalized spacial score (nSPS) is 16.4. The van der Waals surface area contributed by atoms with E-state index in [0.717, 1.165) is 37.0 Å². The van der Waals surface area contributed by atoms with Crippen LogP contribution < -0.4 is 5.32 Å². The largest absolute Gasteiger partial charge is 0.456 e. The van der Waals surface area contributed by atoms with Crippen LogP contribution in [0.2, 0.25) is 0 Å². The number of carbonyl (C=O) groups is 1. The molecule has 1 aromatic heterocycles. The second-order valence-corrected chi connectivity index (χ2v) is 5.20. The number of rotatable bonds is 7. The van der Waals surface area contributed by atoms with Gasteiger partial charge in [0.25, 0.3) is 5.91 Å². The second kappa shape index (κ2) is 6.24. The number of aryl methyl sites for hydroxylation is 2. The van der Waals surface area contributed by atoms with Crippen LogP contribution in [0, 0.1) is 5.92 Å². The summed E-state index contributed by atoms with van der Waals surface area (Å²) in [4.78, 5) is 12.2. The Morgan fingerprint density at radius 2 is 2.21 bits per heavy atom. The Morgan fingerprint density at radius 1 is 1.47 bits per heavy atom. The monoisotopic (exact) mass is 265 g/mol. The predicted octanol–water partition coefficient (Wildman–Crippen LogP) is 2.30. The topological polar surface area (TPSA) is 62.5 Å². The lowest BCUT2D eigenvalue weighted by Crippen LogP contribution is -2.37. The molecule has 106 valence electrons. The fourth-order valence-corrected chi connectivity index (χ4v) is 2.48. The van der Waals surface area contributed by atoms with Crippen molar-refractivity contribution >= 4 is 5.91 Å². The van der Waals surface area contributed by atoms with Crippen LogP contribution in [-0.4, -0.2) is 23.7 Å². The Balaban J connectivity index is 2.03. The van der Waals surface area contributed by atoms with Crippen LogP contribution in [0.5, 0.6) is 0 Å². The number of nitrogens with one attached hydrogen (secondary N) is 1. The molecule has 19 heavy (non-hydrogen) atoms. The summed E-state index contributed by atoms with van der Waals surface area (Å²) in [6.45, 7) is 4.20. The highest BCUT2D eigenvalue weighted by Crippen LogP contribution is 2.34. The van der Waals surface area contributed by atoms with Crippen molar-refractivity contribution in [1.29, 1.82) is 0 Å². The maximum Gasteiger partial charge on any atom is 0.287 e. The van der Waals surface area contributed by atoms with Gasteiger partial charge in [0.15, 0.2) is 5.76 Å². The first kappa shape index (κ1) is 14.1. The quantitative estimate of drug-likeness (QED) is 0.795. The van der Waals surface area contributed by atoms with Gasteiger partial charge in [-0.3, -0.25) is 4.79 Å². The standard InChI is InChI=1S/C15H23NO3/c1-3-10-9-14(19-13(10)4-2)15(18)16-12(7-8-17)11-5-6-11/h9,11-12,17H,3-8H2,1-2H3,(H,16,18). The SMILES string of the molecule is CCc1cc(C(=O)NC(CCO)C2CC2)oc1CC. The minimum Gasteiger partial charge on any atom is -0.456 e. The van der Waals surface area contributed by atoms with Gasteiger partial charge in [-0.05, 0) is 43.2 Å². The van der Waals surface area contributed by atoms with Gasteiger partial charge in [0.05, 0.1) is 0 Å². The zero-order valence-electron chi connectivity index (χ0n) is 11.7. The van der Waals surface area contributed by atoms with E-state index in [0.29, 0.717) is 18.1 Å². The summed E-state index contributed by atoms with van der Waals surface area (Å²) < 4.78 is 5.62. The second-order valence-electron chi connectivity index (χ2n) is 5.20. The average Bonchev–Trinajstić information content (AvgIpc) is 3.17. The van der Waals surface area contributed by atoms with Crippen LogP contribution in [0.1, 0.15) is 55.0 Å². The third-order valence-electron chi connectivity index (χ3n) is 3.77. The molecule has 2 rings (SSSR count). The highest BCUT2D eigenvalue weighted by atomic mass is 16.4. The molecule has 1 aliphatic carbocycles. The highest BCUT2D eigenvalue weighted by Gasteiger charge is 2.32. The molecule has 4 nitrogen and oxygen atoms in total. The van der Waals surface area contributed by atoms with Crippen LogP contribution in [0.15, 0.2) is 10.5 Å². The van der Waals surface area contributed by atoms with Crippen LogP contribution >= 0.6 is 0 Å². The van der Waals surface area contributed by atoms with Gasteiger partial charge in [0.1, 0.15) is 5.76 Å². The lowest BCUT2D eigenvalue weighted by Gasteiger charge is -2.15. The molecule has 1 aliphatic rings. The van der Waals surface area contributed by atoms with Crippen molar-refractivity contribution < 1.29 is 14.3 Å². The van der Waals surface area contributed by atoms with Crippen molar-refractivity contribution in [1.82, 2.24) is 5.32 Å². The van der Waals surface area contributed by atoms with E-state index >= 15 is 0 Å². The zero-order chi connectivity index (χ0) is 13.8. The van der Waals surface area contributed by atoms with Gasteiger partial charge in [0.2, 0.25) is 0 Å². The smallest absolute Gasteiger partial charge is 0.287 e. The molecule has 0 aromatic carbocycles. The molecule has 4 heteroatoms. The van der Waals surface area contributed by atoms with Gasteiger partial charge in [-0.1, -0.05) is 13.8 Å². The van der Waals surface area contributed by atoms with Crippen molar-refractivity contribution in [2.45, 2.75) is 52.0 Å². The van der Waals surface area contributed by atoms with Gasteiger partial charge < -0.3 is 14.8 Å². The molecule has 2 N–H and O–H groups in total. The number of aliphatic hydroxyl groups excluding tert-OH is 1. The van der Waals surface area contributed by atoms with E-state index in [1.165, 1.54) is 0 Å². The lowest BCUT2D eigenvalue weighted by atomic mass is 10.1. The number of aliphatic hydroxyl groups is 1. The van der Waals surface area contributed by atoms with Crippen molar-refractivity contribution in [3.63, 3.8) is 0 Å². The first-order valence-corrected chi connectivity index (χ1v) is 7.22. The third-order valence-corrected chi connectivity index (χ3v) is 3.77. The van der Waals surface area contributed by atoms with Crippen molar-refractivity contribution in [3.8, 4) is 0 Å². The van der Waals surface area contributed by atoms with E-state index in [1.807, 2.05) is 13.0 Å². The molecular weight excluding hydrogens is 242 g/mol. The molecule has 0 saturated heterocycles. The van der Waals surface area contributed by atoms with Gasteiger partial charge in [-0.15, -0.1) is 0 Å². The maximum absolute atomic E-state index is 12.2. The number of hydrogen-bond donors (Lipinski definition) is 2. The van der Waals surface area contributed by atoms with Crippen LogP contribution in [0.4, 0.5) is 0 Å². The molecule has 1 saturated carbocycles. The van der Waals surface area contributed by atoms with E-state index < -0.39 is 0 Å². The molecule has 0 radical (unpaired) electrons. The zero-order valence-corrected chi connectivity index (χ0v) is 11.7. The van der Waals surface area contributed by atoms with E-state index in [4.69, 9.17) is 9.52 Å². The summed E-state index contributed by atoms with van der Waals surface area (Å²) in [7, 11) is 0. The van der Waals surface area contributed by atoms with Gasteiger partial charge in [-0.2, -0.15) is 0 Å². The van der Waals surface area contributed by atoms with E-state index in [1.54, 1.807) is 0 Å². The Kier molecular flexibility index (Phi) is 4.64. The summed E-state index contributed by atoms with van der Waals surface area (Å²) in [5.74, 6) is 1.68. The summed E-state index contributed by atoms with van der Waals surface area (Å²) in [6, 6.07) is 1.93. The molecule has 1 aromatic rings. The van der Waals surface area contributed by atoms with E-state index in [-0.39, 0.29) is 18.6 Å². The number of carbonyl (C=O) groups excluding carboxylic acids is 1. The van der Waals surface area contributed by atoms with Crippen LogP contribution in [-0.2, 0) is 12.8 Å². The molecule has 0 bridgehead atoms. The van der Waals surface area contributed by atoms with Crippen molar-refractivity contribution in [2.24, 2.45) is 5.92 Å². The molecule has 1 fully saturated rings. The Labute approximate surface area is 114 Å². The summed E-state index contributed by atoms with van der Waals surface area (Å²) in [5, 5.41) is 12.0.